The quantitative estimate of drug-likeness (QED) is 0.151. The van der Waals surface area contributed by atoms with Crippen LogP contribution in [0.1, 0.15) is 0 Å². The summed E-state index contributed by atoms with van der Waals surface area (Å²) in [6.45, 7) is -3.47. The highest BCUT2D eigenvalue weighted by molar-refractivity contribution is 5.93. The van der Waals surface area contributed by atoms with Crippen LogP contribution < -0.4 is 31.9 Å². The molecule has 0 bridgehead atoms. The summed E-state index contributed by atoms with van der Waals surface area (Å²) in [4.78, 5) is 191. The second-order valence-corrected chi connectivity index (χ2v) is 19.3. The number of hydrogen-bond acceptors (Lipinski definition) is 12. The van der Waals surface area contributed by atoms with Gasteiger partial charge >= 0.3 is 72.4 Å². The van der Waals surface area contributed by atoms with Crippen molar-refractivity contribution >= 4 is 72.4 Å². The topological polar surface area (TPSA) is 335 Å². The third kappa shape index (κ3) is 4.04. The summed E-state index contributed by atoms with van der Waals surface area (Å²) >= 11 is 0. The maximum atomic E-state index is 14.8. The lowest BCUT2D eigenvalue weighted by Gasteiger charge is -2.41. The summed E-state index contributed by atoms with van der Waals surface area (Å²) in [5, 5.41) is 16.3. The van der Waals surface area contributed by atoms with Crippen LogP contribution >= 0.6 is 0 Å². The van der Waals surface area contributed by atoms with Crippen LogP contribution in [0.4, 0.5) is 57.5 Å². The molecule has 0 spiro atoms. The zero-order valence-corrected chi connectivity index (χ0v) is 35.2. The van der Waals surface area contributed by atoms with Gasteiger partial charge in [0.1, 0.15) is 84.7 Å². The third-order valence-electron chi connectivity index (χ3n) is 16.4. The number of hydrogen-bond donors (Lipinski definition) is 6. The molecule has 0 saturated carbocycles. The van der Waals surface area contributed by atoms with Crippen molar-refractivity contribution in [3.63, 3.8) is 0 Å². The maximum absolute atomic E-state index is 14.8. The Balaban J connectivity index is 0.705. The molecule has 16 rings (SSSR count). The SMILES string of the molecule is O=C1N[C@@H]2NC(=O)N3CN4C(=O)N5CN6C(=O)N(CN7C(=O)N8CN9C(=O)N%10CN%11C(=O)N[C@H]%12NC(=O)N(CN%13C(=O)N(CN%14C(=O)N[C@@H]7[C@H]%148)[C@@H]9[C@H]%13%10)[C@H]%12%11)[C@@H]7NC(=O)N(CN8C(=O)N(CN1[C@H]23)[C@H]4[C@@H]85)[C@@H]76. The molecule has 36 heteroatoms. The van der Waals surface area contributed by atoms with Crippen molar-refractivity contribution in [2.75, 3.05) is 60.0 Å². The minimum atomic E-state index is -1.17. The molecule has 36 nitrogen and oxygen atoms in total. The van der Waals surface area contributed by atoms with Gasteiger partial charge in [0, 0.05) is 0 Å². The van der Waals surface area contributed by atoms with Crippen LogP contribution in [-0.2, 0) is 0 Å². The summed E-state index contributed by atoms with van der Waals surface area (Å²) in [6.07, 6.45) is -12.2. The van der Waals surface area contributed by atoms with Gasteiger partial charge in [0.25, 0.3) is 0 Å². The maximum Gasteiger partial charge on any atom is 0.326 e. The van der Waals surface area contributed by atoms with E-state index in [0.29, 0.717) is 0 Å². The van der Waals surface area contributed by atoms with Gasteiger partial charge in [0.2, 0.25) is 0 Å². The monoisotopic (exact) mass is 960 g/mol. The number of nitrogens with one attached hydrogen (secondary N) is 6. The lowest BCUT2D eigenvalue weighted by molar-refractivity contribution is -0.0114. The predicted octanol–water partition coefficient (Wildman–Crippen LogP) is -6.85. The van der Waals surface area contributed by atoms with Crippen molar-refractivity contribution in [3.05, 3.63) is 0 Å². The van der Waals surface area contributed by atoms with Crippen LogP contribution in [0.15, 0.2) is 0 Å². The molecule has 69 heavy (non-hydrogen) atoms. The van der Waals surface area contributed by atoms with Gasteiger partial charge < -0.3 is 31.9 Å². The molecule has 24 amide bonds. The summed E-state index contributed by atoms with van der Waals surface area (Å²) in [6, 6.07) is -7.44. The molecule has 12 atom stereocenters. The van der Waals surface area contributed by atoms with E-state index in [4.69, 9.17) is 0 Å². The molecule has 16 saturated heterocycles. The van der Waals surface area contributed by atoms with Gasteiger partial charge in [0.15, 0.2) is 49.3 Å². The molecule has 0 unspecified atom stereocenters. The van der Waals surface area contributed by atoms with E-state index in [9.17, 15) is 57.5 Å². The fourth-order valence-electron chi connectivity index (χ4n) is 13.5. The average Bonchev–Trinajstić information content (AvgIpc) is 4.20. The van der Waals surface area contributed by atoms with Crippen LogP contribution in [0.25, 0.3) is 0 Å². The van der Waals surface area contributed by atoms with Crippen molar-refractivity contribution in [1.82, 2.24) is 120 Å². The van der Waals surface area contributed by atoms with Gasteiger partial charge in [-0.3, -0.25) is 88.2 Å². The molecule has 360 valence electrons. The molecule has 16 fully saturated rings. The number of carbonyl (C=O) groups is 12. The van der Waals surface area contributed by atoms with E-state index < -0.39 is 180 Å². The van der Waals surface area contributed by atoms with E-state index >= 15 is 0 Å². The summed E-state index contributed by atoms with van der Waals surface area (Å²) in [7, 11) is 0. The first kappa shape index (κ1) is 37.3. The molecule has 16 heterocycles. The molecule has 16 aliphatic heterocycles. The van der Waals surface area contributed by atoms with Crippen molar-refractivity contribution in [2.24, 2.45) is 0 Å². The van der Waals surface area contributed by atoms with Gasteiger partial charge in [-0.1, -0.05) is 0 Å². The Kier molecular flexibility index (Phi) is 6.22. The summed E-state index contributed by atoms with van der Waals surface area (Å²) in [5.74, 6) is 0. The van der Waals surface area contributed by atoms with Crippen molar-refractivity contribution < 1.29 is 57.5 Å². The Morgan fingerprint density at radius 2 is 0.478 bits per heavy atom. The van der Waals surface area contributed by atoms with E-state index in [1.807, 2.05) is 0 Å². The Bertz CT molecular complexity index is 2520. The predicted molar refractivity (Wildman–Crippen MR) is 206 cm³/mol. The van der Waals surface area contributed by atoms with Crippen molar-refractivity contribution in [2.45, 2.75) is 74.0 Å². The van der Waals surface area contributed by atoms with Crippen molar-refractivity contribution in [3.8, 4) is 0 Å². The highest BCUT2D eigenvalue weighted by Gasteiger charge is 2.71. The number of urea groups is 12. The molecule has 6 N–H and O–H groups in total. The smallest absolute Gasteiger partial charge is 0.314 e. The lowest BCUT2D eigenvalue weighted by Crippen LogP contribution is -2.62. The van der Waals surface area contributed by atoms with E-state index in [0.717, 1.165) is 0 Å². The Morgan fingerprint density at radius 3 is 0.754 bits per heavy atom. The number of rotatable bonds is 2. The van der Waals surface area contributed by atoms with Gasteiger partial charge in [-0.15, -0.1) is 0 Å². The molecule has 0 aromatic carbocycles. The van der Waals surface area contributed by atoms with Crippen LogP contribution in [0.3, 0.4) is 0 Å². The van der Waals surface area contributed by atoms with Crippen LogP contribution in [0.2, 0.25) is 0 Å². The standard InChI is InChI=1S/C33H36N24O12/c58-22-34-10-14-42(22)2-50-18-20-54(30(50)66)6-46-16-12(38-26(46)62)40(28(64)48(16)8-56(20)32(68)52(18)4-44(14)24(60)36-10)1-41-13-17-47(27(63)39-13)7-55-21-19-51(31(55)67)3-43-15-11(35-23(43)59)37-25(61)45(15)5-53(19)33(69)57(21)9-49(17)29(41)65/h10-21H,1-9H2,(H,34,58)(H,35,59)(H,36,60)(H,37,61)(H,38,62)(H,39,63)/t10-,11-,12+,13+,14+,15+,16-,17-,18-,19-,20+,21+/m1/s1. The first-order valence-electron chi connectivity index (χ1n) is 22.0. The third-order valence-corrected chi connectivity index (χ3v) is 16.4. The largest absolute Gasteiger partial charge is 0.326 e. The average molecular weight is 961 g/mol. The van der Waals surface area contributed by atoms with E-state index in [1.165, 1.54) is 88.2 Å². The Morgan fingerprint density at radius 1 is 0.261 bits per heavy atom. The molecule has 0 radical (unpaired) electrons. The number of carbonyl (C=O) groups excluding carboxylic acids is 12. The second kappa shape index (κ2) is 11.5. The van der Waals surface area contributed by atoms with E-state index in [2.05, 4.69) is 31.9 Å². The molecule has 0 aromatic heterocycles. The van der Waals surface area contributed by atoms with E-state index in [-0.39, 0.29) is 26.7 Å². The van der Waals surface area contributed by atoms with Crippen molar-refractivity contribution in [1.29, 1.82) is 0 Å². The molecular weight excluding hydrogens is 925 g/mol. The Hall–Kier alpha value is -8.76. The minimum Gasteiger partial charge on any atom is -0.314 e. The van der Waals surface area contributed by atoms with Gasteiger partial charge in [-0.2, -0.15) is 0 Å². The first-order valence-corrected chi connectivity index (χ1v) is 22.0. The lowest BCUT2D eigenvalue weighted by atomic mass is 10.3. The van der Waals surface area contributed by atoms with E-state index in [1.54, 1.807) is 0 Å². The highest BCUT2D eigenvalue weighted by Crippen LogP contribution is 2.45. The fourth-order valence-corrected chi connectivity index (χ4v) is 13.5. The van der Waals surface area contributed by atoms with Gasteiger partial charge in [-0.05, 0) is 0 Å². The molecule has 0 aliphatic carbocycles. The zero-order chi connectivity index (χ0) is 46.9. The number of amides is 24. The molecular formula is C33H36N24O12. The minimum absolute atomic E-state index is 0.298. The molecule has 16 aliphatic rings. The fraction of sp³-hybridized carbons (Fsp3) is 0.636. The normalized spacial score (nSPS) is 39.1. The van der Waals surface area contributed by atoms with Crippen LogP contribution in [0, 0.1) is 0 Å². The highest BCUT2D eigenvalue weighted by atomic mass is 16.2. The van der Waals surface area contributed by atoms with Gasteiger partial charge in [0.05, 0.1) is 0 Å². The number of nitrogens with zero attached hydrogens (tertiary/aromatic N) is 18. The first-order chi connectivity index (χ1) is 33.2. The second-order valence-electron chi connectivity index (χ2n) is 19.3. The van der Waals surface area contributed by atoms with Crippen LogP contribution in [-0.4, -0.2) is 295 Å². The summed E-state index contributed by atoms with van der Waals surface area (Å²) in [5.41, 5.74) is 0. The summed E-state index contributed by atoms with van der Waals surface area (Å²) < 4.78 is 0. The zero-order valence-electron chi connectivity index (χ0n) is 35.2. The Labute approximate surface area is 383 Å². The van der Waals surface area contributed by atoms with Gasteiger partial charge in [-0.25, -0.2) is 57.5 Å². The molecule has 0 aromatic rings. The van der Waals surface area contributed by atoms with Crippen LogP contribution in [0.5, 0.6) is 0 Å².